The monoisotopic (exact) mass is 516 g/mol. The molecule has 0 bridgehead atoms. The van der Waals surface area contributed by atoms with Gasteiger partial charge in [-0.2, -0.15) is 0 Å². The van der Waals surface area contributed by atoms with Crippen LogP contribution in [0.1, 0.15) is 63.7 Å². The van der Waals surface area contributed by atoms with Crippen molar-refractivity contribution >= 4 is 16.9 Å². The highest BCUT2D eigenvalue weighted by molar-refractivity contribution is 5.95. The van der Waals surface area contributed by atoms with Gasteiger partial charge in [0, 0.05) is 0 Å². The van der Waals surface area contributed by atoms with Gasteiger partial charge >= 0.3 is 11.6 Å². The van der Waals surface area contributed by atoms with Crippen LogP contribution in [-0.2, 0) is 0 Å². The van der Waals surface area contributed by atoms with Crippen molar-refractivity contribution in [1.29, 1.82) is 0 Å². The normalized spacial score (nSPS) is 11.5. The molecule has 2 aromatic carbocycles. The van der Waals surface area contributed by atoms with Crippen molar-refractivity contribution in [1.82, 2.24) is 0 Å². The summed E-state index contributed by atoms with van der Waals surface area (Å²) in [6, 6.07) is 13.7. The summed E-state index contributed by atoms with van der Waals surface area (Å²) in [7, 11) is 0. The standard InChI is InChI=1S/C32H36O6/c1-5-6-7-11-21-35-26-18-13-19-27-28(26)29(36-22-20-24(4)15-12-14-23(2)3)30(32(34)37-27)38-31(33)25-16-9-8-10-17-25/h6-10,13-14,16-20H,5,11-12,15,21-22H2,1-4H3. The third kappa shape index (κ3) is 8.23. The first-order valence-corrected chi connectivity index (χ1v) is 13.0. The van der Waals surface area contributed by atoms with E-state index < -0.39 is 11.6 Å². The number of allylic oxidation sites excluding steroid dienone is 4. The second-order valence-corrected chi connectivity index (χ2v) is 9.13. The lowest BCUT2D eigenvalue weighted by Gasteiger charge is -2.15. The van der Waals surface area contributed by atoms with Gasteiger partial charge in [-0.3, -0.25) is 0 Å². The highest BCUT2D eigenvalue weighted by Crippen LogP contribution is 2.39. The molecule has 6 nitrogen and oxygen atoms in total. The van der Waals surface area contributed by atoms with Crippen LogP contribution in [0.2, 0.25) is 0 Å². The number of ether oxygens (including phenoxy) is 3. The summed E-state index contributed by atoms with van der Waals surface area (Å²) < 4.78 is 23.3. The van der Waals surface area contributed by atoms with E-state index >= 15 is 0 Å². The van der Waals surface area contributed by atoms with Crippen molar-refractivity contribution in [2.24, 2.45) is 0 Å². The maximum atomic E-state index is 13.0. The van der Waals surface area contributed by atoms with E-state index in [4.69, 9.17) is 18.6 Å². The highest BCUT2D eigenvalue weighted by atomic mass is 16.6. The summed E-state index contributed by atoms with van der Waals surface area (Å²) in [6.07, 6.45) is 11.8. The van der Waals surface area contributed by atoms with Crippen LogP contribution in [0.15, 0.2) is 93.2 Å². The van der Waals surface area contributed by atoms with Crippen LogP contribution in [0.5, 0.6) is 17.2 Å². The second kappa shape index (κ2) is 14.6. The van der Waals surface area contributed by atoms with Gasteiger partial charge in [-0.1, -0.05) is 60.6 Å². The van der Waals surface area contributed by atoms with E-state index in [2.05, 4.69) is 39.0 Å². The first-order chi connectivity index (χ1) is 18.4. The lowest BCUT2D eigenvalue weighted by Crippen LogP contribution is -2.16. The van der Waals surface area contributed by atoms with Crippen LogP contribution in [0.4, 0.5) is 0 Å². The molecule has 0 saturated heterocycles. The van der Waals surface area contributed by atoms with Gasteiger partial charge in [0.1, 0.15) is 23.3 Å². The molecule has 0 aliphatic rings. The van der Waals surface area contributed by atoms with Crippen molar-refractivity contribution in [3.63, 3.8) is 0 Å². The number of hydrogen-bond acceptors (Lipinski definition) is 6. The molecule has 0 fully saturated rings. The summed E-state index contributed by atoms with van der Waals surface area (Å²) in [6.45, 7) is 8.87. The van der Waals surface area contributed by atoms with Crippen molar-refractivity contribution in [3.8, 4) is 17.2 Å². The Morgan fingerprint density at radius 2 is 1.68 bits per heavy atom. The summed E-state index contributed by atoms with van der Waals surface area (Å²) in [4.78, 5) is 25.8. The van der Waals surface area contributed by atoms with E-state index in [1.807, 2.05) is 13.0 Å². The molecular weight excluding hydrogens is 480 g/mol. The molecule has 6 heteroatoms. The van der Waals surface area contributed by atoms with Crippen molar-refractivity contribution in [2.45, 2.75) is 53.4 Å². The number of hydrogen-bond donors (Lipinski definition) is 0. The molecule has 3 rings (SSSR count). The molecule has 0 radical (unpaired) electrons. The van der Waals surface area contributed by atoms with Gasteiger partial charge in [-0.15, -0.1) is 0 Å². The summed E-state index contributed by atoms with van der Waals surface area (Å²) in [5, 5.41) is 0.443. The Balaban J connectivity index is 1.98. The number of carbonyl (C=O) groups is 1. The fraction of sp³-hybridized carbons (Fsp3) is 0.312. The zero-order chi connectivity index (χ0) is 27.3. The van der Waals surface area contributed by atoms with Crippen LogP contribution in [0.3, 0.4) is 0 Å². The smallest absolute Gasteiger partial charge is 0.383 e. The second-order valence-electron chi connectivity index (χ2n) is 9.13. The summed E-state index contributed by atoms with van der Waals surface area (Å²) in [5.74, 6) is -0.386. The average Bonchev–Trinajstić information content (AvgIpc) is 2.90. The molecule has 3 aromatic rings. The molecule has 200 valence electrons. The van der Waals surface area contributed by atoms with Crippen LogP contribution < -0.4 is 19.8 Å². The van der Waals surface area contributed by atoms with Gasteiger partial charge in [0.15, 0.2) is 5.75 Å². The lowest BCUT2D eigenvalue weighted by atomic mass is 10.1. The van der Waals surface area contributed by atoms with Gasteiger partial charge in [0.05, 0.1) is 12.2 Å². The summed E-state index contributed by atoms with van der Waals surface area (Å²) in [5.41, 5.74) is 2.22. The Labute approximate surface area is 224 Å². The molecule has 0 spiro atoms. The fourth-order valence-electron chi connectivity index (χ4n) is 3.72. The van der Waals surface area contributed by atoms with Crippen LogP contribution in [-0.4, -0.2) is 19.2 Å². The number of esters is 1. The first kappa shape index (κ1) is 28.5. The topological polar surface area (TPSA) is 75.0 Å². The zero-order valence-electron chi connectivity index (χ0n) is 22.6. The molecule has 0 saturated carbocycles. The maximum Gasteiger partial charge on any atom is 0.383 e. The van der Waals surface area contributed by atoms with Gasteiger partial charge in [0.2, 0.25) is 0 Å². The van der Waals surface area contributed by atoms with Gasteiger partial charge in [-0.05, 0) is 76.8 Å². The molecular formula is C32H36O6. The molecule has 1 heterocycles. The van der Waals surface area contributed by atoms with Gasteiger partial charge in [-0.25, -0.2) is 9.59 Å². The minimum absolute atomic E-state index is 0.119. The number of benzene rings is 2. The fourth-order valence-corrected chi connectivity index (χ4v) is 3.72. The molecule has 38 heavy (non-hydrogen) atoms. The van der Waals surface area contributed by atoms with E-state index in [0.29, 0.717) is 23.3 Å². The first-order valence-electron chi connectivity index (χ1n) is 13.0. The Morgan fingerprint density at radius 3 is 2.42 bits per heavy atom. The number of fused-ring (bicyclic) bond motifs is 1. The SMILES string of the molecule is CCC=CCCOc1cccc2oc(=O)c(OC(=O)c3ccccc3)c(OCC=C(C)CCC=C(C)C)c12. The Morgan fingerprint density at radius 1 is 0.895 bits per heavy atom. The van der Waals surface area contributed by atoms with E-state index in [1.165, 1.54) is 5.57 Å². The third-order valence-corrected chi connectivity index (χ3v) is 5.71. The zero-order valence-corrected chi connectivity index (χ0v) is 22.6. The van der Waals surface area contributed by atoms with Crippen molar-refractivity contribution in [2.75, 3.05) is 13.2 Å². The van der Waals surface area contributed by atoms with Crippen molar-refractivity contribution < 1.29 is 23.4 Å². The quantitative estimate of drug-likeness (QED) is 0.0998. The minimum Gasteiger partial charge on any atom is -0.492 e. The van der Waals surface area contributed by atoms with E-state index in [-0.39, 0.29) is 23.7 Å². The Hall–Kier alpha value is -4.06. The Kier molecular flexibility index (Phi) is 11.0. The van der Waals surface area contributed by atoms with E-state index in [1.54, 1.807) is 48.5 Å². The maximum absolute atomic E-state index is 13.0. The molecule has 0 aliphatic carbocycles. The van der Waals surface area contributed by atoms with Crippen molar-refractivity contribution in [3.05, 3.63) is 100.0 Å². The average molecular weight is 517 g/mol. The van der Waals surface area contributed by atoms with Gasteiger partial charge in [0.25, 0.3) is 5.75 Å². The number of carbonyl (C=O) groups excluding carboxylic acids is 1. The Bertz CT molecular complexity index is 1360. The van der Waals surface area contributed by atoms with Crippen LogP contribution in [0.25, 0.3) is 11.0 Å². The number of rotatable bonds is 13. The van der Waals surface area contributed by atoms with Crippen LogP contribution >= 0.6 is 0 Å². The molecule has 0 N–H and O–H groups in total. The largest absolute Gasteiger partial charge is 0.492 e. The third-order valence-electron chi connectivity index (χ3n) is 5.71. The van der Waals surface area contributed by atoms with Gasteiger partial charge < -0.3 is 18.6 Å². The molecule has 0 aliphatic heterocycles. The minimum atomic E-state index is -0.802. The lowest BCUT2D eigenvalue weighted by molar-refractivity contribution is 0.0722. The van der Waals surface area contributed by atoms with E-state index in [9.17, 15) is 9.59 Å². The van der Waals surface area contributed by atoms with E-state index in [0.717, 1.165) is 31.3 Å². The summed E-state index contributed by atoms with van der Waals surface area (Å²) >= 11 is 0. The molecule has 1 aromatic heterocycles. The van der Waals surface area contributed by atoms with Crippen LogP contribution in [0, 0.1) is 0 Å². The molecule has 0 amide bonds. The molecule has 0 atom stereocenters. The highest BCUT2D eigenvalue weighted by Gasteiger charge is 2.24. The predicted molar refractivity (Wildman–Crippen MR) is 151 cm³/mol. The molecule has 0 unspecified atom stereocenters. The predicted octanol–water partition coefficient (Wildman–Crippen LogP) is 7.82.